The van der Waals surface area contributed by atoms with Crippen LogP contribution in [-0.4, -0.2) is 22.3 Å². The maximum Gasteiger partial charge on any atom is 0.201 e. The van der Waals surface area contributed by atoms with E-state index in [1.807, 2.05) is 6.92 Å². The van der Waals surface area contributed by atoms with Crippen molar-refractivity contribution in [3.8, 4) is 0 Å². The first-order chi connectivity index (χ1) is 6.05. The van der Waals surface area contributed by atoms with Gasteiger partial charge in [-0.3, -0.25) is 4.79 Å². The third-order valence-corrected chi connectivity index (χ3v) is 4.00. The van der Waals surface area contributed by atoms with Crippen LogP contribution in [0.3, 0.4) is 0 Å². The number of carbonyl (C=O) groups is 1. The molecular formula is C9H12Cl2O2. The summed E-state index contributed by atoms with van der Waals surface area (Å²) in [6, 6.07) is 0. The molecule has 0 heterocycles. The second-order valence-electron chi connectivity index (χ2n) is 3.72. The van der Waals surface area contributed by atoms with Gasteiger partial charge in [0.15, 0.2) is 4.33 Å². The predicted octanol–water partition coefficient (Wildman–Crippen LogP) is 2.32. The Labute approximate surface area is 87.5 Å². The van der Waals surface area contributed by atoms with Crippen LogP contribution in [0.2, 0.25) is 0 Å². The summed E-state index contributed by atoms with van der Waals surface area (Å²) in [6.45, 7) is 2.44. The zero-order valence-electron chi connectivity index (χ0n) is 7.48. The maximum absolute atomic E-state index is 11.7. The second-order valence-corrected chi connectivity index (χ2v) is 5.11. The molecule has 74 valence electrons. The van der Waals surface area contributed by atoms with Crippen LogP contribution < -0.4 is 0 Å². The van der Waals surface area contributed by atoms with Crippen molar-refractivity contribution in [3.05, 3.63) is 0 Å². The van der Waals surface area contributed by atoms with Crippen molar-refractivity contribution >= 4 is 29.0 Å². The molecule has 2 aliphatic carbocycles. The number of Topliss-reactive ketones (excluding diaryl/α,β-unsaturated/α-hetero) is 1. The smallest absolute Gasteiger partial charge is 0.201 e. The van der Waals surface area contributed by atoms with Crippen LogP contribution in [0.15, 0.2) is 0 Å². The van der Waals surface area contributed by atoms with Gasteiger partial charge in [-0.05, 0) is 26.2 Å². The molecule has 2 aliphatic rings. The highest BCUT2D eigenvalue weighted by molar-refractivity contribution is 6.61. The Bertz CT molecular complexity index is 252. The van der Waals surface area contributed by atoms with E-state index in [-0.39, 0.29) is 11.7 Å². The highest BCUT2D eigenvalue weighted by Gasteiger charge is 2.72. The lowest BCUT2D eigenvalue weighted by atomic mass is 9.69. The van der Waals surface area contributed by atoms with Gasteiger partial charge in [-0.15, -0.1) is 0 Å². The van der Waals surface area contributed by atoms with Crippen LogP contribution in [0.1, 0.15) is 26.2 Å². The Kier molecular flexibility index (Phi) is 2.14. The number of hydrogen-bond donors (Lipinski definition) is 0. The van der Waals surface area contributed by atoms with E-state index in [4.69, 9.17) is 27.9 Å². The molecule has 0 saturated heterocycles. The van der Waals surface area contributed by atoms with Crippen LogP contribution >= 0.6 is 23.2 Å². The van der Waals surface area contributed by atoms with Crippen molar-refractivity contribution in [2.45, 2.75) is 36.1 Å². The molecule has 4 heteroatoms. The van der Waals surface area contributed by atoms with Crippen molar-refractivity contribution in [2.75, 3.05) is 6.61 Å². The molecule has 0 aromatic heterocycles. The minimum absolute atomic E-state index is 0.00998. The summed E-state index contributed by atoms with van der Waals surface area (Å²) in [5.74, 6) is -0.122. The molecule has 2 fully saturated rings. The molecule has 0 bridgehead atoms. The fourth-order valence-electron chi connectivity index (χ4n) is 2.58. The minimum atomic E-state index is -1.17. The monoisotopic (exact) mass is 222 g/mol. The van der Waals surface area contributed by atoms with Crippen molar-refractivity contribution in [3.63, 3.8) is 0 Å². The van der Waals surface area contributed by atoms with Crippen molar-refractivity contribution in [1.82, 2.24) is 0 Å². The fraction of sp³-hybridized carbons (Fsp3) is 0.889. The van der Waals surface area contributed by atoms with Gasteiger partial charge in [-0.1, -0.05) is 23.2 Å². The number of fused-ring (bicyclic) bond motifs is 1. The summed E-state index contributed by atoms with van der Waals surface area (Å²) >= 11 is 11.8. The molecule has 0 radical (unpaired) electrons. The fourth-order valence-corrected chi connectivity index (χ4v) is 3.47. The Hall–Kier alpha value is 0.210. The lowest BCUT2D eigenvalue weighted by Gasteiger charge is -2.50. The molecule has 0 aromatic rings. The third-order valence-electron chi connectivity index (χ3n) is 3.13. The molecule has 0 aliphatic heterocycles. The number of hydrogen-bond acceptors (Lipinski definition) is 2. The summed E-state index contributed by atoms with van der Waals surface area (Å²) in [4.78, 5) is 11.7. The van der Waals surface area contributed by atoms with E-state index >= 15 is 0 Å². The number of carbonyl (C=O) groups excluding carboxylic acids is 1. The molecule has 0 spiro atoms. The van der Waals surface area contributed by atoms with Crippen LogP contribution in [0.5, 0.6) is 0 Å². The topological polar surface area (TPSA) is 26.3 Å². The zero-order valence-corrected chi connectivity index (χ0v) is 8.99. The van der Waals surface area contributed by atoms with E-state index in [9.17, 15) is 4.79 Å². The van der Waals surface area contributed by atoms with E-state index < -0.39 is 9.93 Å². The molecular weight excluding hydrogens is 211 g/mol. The van der Waals surface area contributed by atoms with Crippen LogP contribution in [0.4, 0.5) is 0 Å². The maximum atomic E-state index is 11.7. The molecule has 2 nitrogen and oxygen atoms in total. The molecule has 2 rings (SSSR count). The molecule has 13 heavy (non-hydrogen) atoms. The Morgan fingerprint density at radius 1 is 1.62 bits per heavy atom. The van der Waals surface area contributed by atoms with Gasteiger partial charge in [0.25, 0.3) is 0 Å². The van der Waals surface area contributed by atoms with Gasteiger partial charge in [0, 0.05) is 12.5 Å². The number of halogens is 2. The van der Waals surface area contributed by atoms with E-state index in [1.165, 1.54) is 0 Å². The summed E-state index contributed by atoms with van der Waals surface area (Å²) in [6.07, 6.45) is 2.67. The summed E-state index contributed by atoms with van der Waals surface area (Å²) in [7, 11) is 0. The number of rotatable bonds is 2. The third kappa shape index (κ3) is 1.03. The number of ketones is 1. The highest BCUT2D eigenvalue weighted by Crippen LogP contribution is 2.60. The second kappa shape index (κ2) is 2.85. The quantitative estimate of drug-likeness (QED) is 0.671. The molecule has 0 aromatic carbocycles. The largest absolute Gasteiger partial charge is 0.367 e. The normalized spacial score (nSPS) is 41.5. The molecule has 0 amide bonds. The number of alkyl halides is 2. The Morgan fingerprint density at radius 3 is 2.92 bits per heavy atom. The first kappa shape index (κ1) is 9.75. The first-order valence-electron chi connectivity index (χ1n) is 4.62. The van der Waals surface area contributed by atoms with Crippen molar-refractivity contribution in [2.24, 2.45) is 5.92 Å². The lowest BCUT2D eigenvalue weighted by molar-refractivity contribution is -0.171. The van der Waals surface area contributed by atoms with Crippen LogP contribution in [0.25, 0.3) is 0 Å². The van der Waals surface area contributed by atoms with Crippen LogP contribution in [-0.2, 0) is 9.53 Å². The summed E-state index contributed by atoms with van der Waals surface area (Å²) in [5, 5.41) is 0. The zero-order chi connectivity index (χ0) is 9.69. The minimum Gasteiger partial charge on any atom is -0.367 e. The van der Waals surface area contributed by atoms with E-state index in [0.29, 0.717) is 6.61 Å². The van der Waals surface area contributed by atoms with E-state index in [0.717, 1.165) is 19.3 Å². The van der Waals surface area contributed by atoms with E-state index in [2.05, 4.69) is 0 Å². The van der Waals surface area contributed by atoms with Crippen molar-refractivity contribution in [1.29, 1.82) is 0 Å². The molecule has 2 saturated carbocycles. The highest BCUT2D eigenvalue weighted by atomic mass is 35.5. The van der Waals surface area contributed by atoms with Gasteiger partial charge in [-0.25, -0.2) is 0 Å². The summed E-state index contributed by atoms with van der Waals surface area (Å²) in [5.41, 5.74) is -0.627. The number of ether oxygens (including phenoxy) is 1. The SMILES string of the molecule is CCOC12CCCC1C(Cl)(Cl)C2=O. The van der Waals surface area contributed by atoms with Gasteiger partial charge in [0.1, 0.15) is 5.60 Å². The van der Waals surface area contributed by atoms with Gasteiger partial charge >= 0.3 is 0 Å². The molecule has 0 N–H and O–H groups in total. The average molecular weight is 223 g/mol. The molecule has 2 atom stereocenters. The van der Waals surface area contributed by atoms with Gasteiger partial charge < -0.3 is 4.74 Å². The predicted molar refractivity (Wildman–Crippen MR) is 51.1 cm³/mol. The van der Waals surface area contributed by atoms with Gasteiger partial charge in [-0.2, -0.15) is 0 Å². The van der Waals surface area contributed by atoms with E-state index in [1.54, 1.807) is 0 Å². The Balaban J connectivity index is 2.25. The standard InChI is InChI=1S/C9H12Cl2O2/c1-2-13-8-5-3-4-6(8)9(10,11)7(8)12/h6H,2-5H2,1H3. The summed E-state index contributed by atoms with van der Waals surface area (Å²) < 4.78 is 4.34. The van der Waals surface area contributed by atoms with Gasteiger partial charge in [0.05, 0.1) is 0 Å². The van der Waals surface area contributed by atoms with Crippen LogP contribution in [0, 0.1) is 5.92 Å². The Morgan fingerprint density at radius 2 is 2.31 bits per heavy atom. The lowest BCUT2D eigenvalue weighted by Crippen LogP contribution is -2.68. The molecule has 2 unspecified atom stereocenters. The van der Waals surface area contributed by atoms with Crippen molar-refractivity contribution < 1.29 is 9.53 Å². The van der Waals surface area contributed by atoms with Gasteiger partial charge in [0.2, 0.25) is 5.78 Å². The average Bonchev–Trinajstić information content (AvgIpc) is 2.47. The first-order valence-corrected chi connectivity index (χ1v) is 5.38.